The molecule has 0 bridgehead atoms. The first-order chi connectivity index (χ1) is 10.9. The second kappa shape index (κ2) is 7.00. The van der Waals surface area contributed by atoms with E-state index in [2.05, 4.69) is 15.6 Å². The number of anilines is 1. The summed E-state index contributed by atoms with van der Waals surface area (Å²) in [4.78, 5) is 28.5. The highest BCUT2D eigenvalue weighted by atomic mass is 19.1. The van der Waals surface area contributed by atoms with Gasteiger partial charge in [-0.1, -0.05) is 18.2 Å². The zero-order valence-corrected chi connectivity index (χ0v) is 13.0. The van der Waals surface area contributed by atoms with Crippen LogP contribution in [0, 0.1) is 11.2 Å². The molecule has 0 saturated heterocycles. The number of para-hydroxylation sites is 1. The van der Waals surface area contributed by atoms with E-state index >= 15 is 0 Å². The number of carbonyl (C=O) groups excluding carboxylic acids is 2. The Kier molecular flexibility index (Phi) is 5.05. The molecule has 1 heterocycles. The number of amides is 2. The van der Waals surface area contributed by atoms with E-state index in [4.69, 9.17) is 0 Å². The van der Waals surface area contributed by atoms with Crippen LogP contribution in [0.5, 0.6) is 0 Å². The fourth-order valence-corrected chi connectivity index (χ4v) is 1.85. The van der Waals surface area contributed by atoms with Crippen LogP contribution in [-0.2, 0) is 16.1 Å². The summed E-state index contributed by atoms with van der Waals surface area (Å²) < 4.78 is 13.6. The minimum absolute atomic E-state index is 0.0469. The van der Waals surface area contributed by atoms with Crippen molar-refractivity contribution in [2.75, 3.05) is 5.32 Å². The number of hydrogen-bond acceptors (Lipinski definition) is 3. The van der Waals surface area contributed by atoms with Crippen LogP contribution >= 0.6 is 0 Å². The number of benzene rings is 1. The lowest BCUT2D eigenvalue weighted by Gasteiger charge is -2.22. The Morgan fingerprint density at radius 2 is 1.87 bits per heavy atom. The molecule has 0 aliphatic heterocycles. The van der Waals surface area contributed by atoms with Crippen LogP contribution in [0.4, 0.5) is 10.1 Å². The van der Waals surface area contributed by atoms with E-state index in [0.717, 1.165) is 5.56 Å². The third-order valence-corrected chi connectivity index (χ3v) is 3.43. The summed E-state index contributed by atoms with van der Waals surface area (Å²) in [6.45, 7) is 3.24. The van der Waals surface area contributed by atoms with Gasteiger partial charge in [-0.15, -0.1) is 0 Å². The monoisotopic (exact) mass is 315 g/mol. The van der Waals surface area contributed by atoms with Crippen LogP contribution in [0.3, 0.4) is 0 Å². The standard InChI is InChI=1S/C17H18FN3O2/c1-17(2,15(22)20-11-12-6-5-9-19-10-12)16(23)21-14-8-4-3-7-13(14)18/h3-10H,11H2,1-2H3,(H,20,22)(H,21,23). The molecule has 6 heteroatoms. The van der Waals surface area contributed by atoms with Gasteiger partial charge in [0.2, 0.25) is 11.8 Å². The van der Waals surface area contributed by atoms with Gasteiger partial charge in [0.15, 0.2) is 0 Å². The minimum atomic E-state index is -1.34. The zero-order chi connectivity index (χ0) is 16.9. The normalized spacial score (nSPS) is 10.9. The number of nitrogens with one attached hydrogen (secondary N) is 2. The highest BCUT2D eigenvalue weighted by Crippen LogP contribution is 2.21. The maximum Gasteiger partial charge on any atom is 0.239 e. The highest BCUT2D eigenvalue weighted by molar-refractivity contribution is 6.09. The van der Waals surface area contributed by atoms with Crippen molar-refractivity contribution in [1.29, 1.82) is 0 Å². The van der Waals surface area contributed by atoms with Gasteiger partial charge in [-0.2, -0.15) is 0 Å². The van der Waals surface area contributed by atoms with Gasteiger partial charge < -0.3 is 10.6 Å². The quantitative estimate of drug-likeness (QED) is 0.833. The van der Waals surface area contributed by atoms with E-state index in [1.807, 2.05) is 6.07 Å². The second-order valence-corrected chi connectivity index (χ2v) is 5.60. The molecular formula is C17H18FN3O2. The third-order valence-electron chi connectivity index (χ3n) is 3.43. The highest BCUT2D eigenvalue weighted by Gasteiger charge is 2.36. The van der Waals surface area contributed by atoms with Gasteiger partial charge in [0.25, 0.3) is 0 Å². The zero-order valence-electron chi connectivity index (χ0n) is 13.0. The van der Waals surface area contributed by atoms with Crippen molar-refractivity contribution in [3.8, 4) is 0 Å². The summed E-state index contributed by atoms with van der Waals surface area (Å²) in [5, 5.41) is 5.13. The molecule has 0 aliphatic rings. The Balaban J connectivity index is 2.00. The first-order valence-electron chi connectivity index (χ1n) is 7.14. The predicted octanol–water partition coefficient (Wildman–Crippen LogP) is 2.50. The van der Waals surface area contributed by atoms with Crippen molar-refractivity contribution in [3.05, 3.63) is 60.2 Å². The summed E-state index contributed by atoms with van der Waals surface area (Å²) in [5.74, 6) is -1.58. The van der Waals surface area contributed by atoms with Crippen molar-refractivity contribution in [3.63, 3.8) is 0 Å². The van der Waals surface area contributed by atoms with Gasteiger partial charge >= 0.3 is 0 Å². The Bertz CT molecular complexity index is 702. The molecule has 1 aromatic heterocycles. The molecule has 2 amide bonds. The number of rotatable bonds is 5. The SMILES string of the molecule is CC(C)(C(=O)NCc1cccnc1)C(=O)Nc1ccccc1F. The van der Waals surface area contributed by atoms with Gasteiger partial charge in [-0.05, 0) is 37.6 Å². The van der Waals surface area contributed by atoms with Crippen LogP contribution in [-0.4, -0.2) is 16.8 Å². The Labute approximate surface area is 133 Å². The lowest BCUT2D eigenvalue weighted by Crippen LogP contribution is -2.45. The van der Waals surface area contributed by atoms with Gasteiger partial charge in [0, 0.05) is 18.9 Å². The fourth-order valence-electron chi connectivity index (χ4n) is 1.85. The molecule has 0 saturated carbocycles. The van der Waals surface area contributed by atoms with Crippen molar-refractivity contribution in [2.45, 2.75) is 20.4 Å². The summed E-state index contributed by atoms with van der Waals surface area (Å²) >= 11 is 0. The topological polar surface area (TPSA) is 71.1 Å². The predicted molar refractivity (Wildman–Crippen MR) is 84.9 cm³/mol. The lowest BCUT2D eigenvalue weighted by molar-refractivity contribution is -0.138. The van der Waals surface area contributed by atoms with E-state index in [9.17, 15) is 14.0 Å². The van der Waals surface area contributed by atoms with E-state index in [0.29, 0.717) is 0 Å². The summed E-state index contributed by atoms with van der Waals surface area (Å²) in [5.41, 5.74) is -0.471. The van der Waals surface area contributed by atoms with Gasteiger partial charge in [0.1, 0.15) is 11.2 Å². The first-order valence-corrected chi connectivity index (χ1v) is 7.14. The number of halogens is 1. The fraction of sp³-hybridized carbons (Fsp3) is 0.235. The number of carbonyl (C=O) groups is 2. The molecule has 0 spiro atoms. The summed E-state index contributed by atoms with van der Waals surface area (Å²) in [6, 6.07) is 9.39. The molecule has 2 rings (SSSR count). The van der Waals surface area contributed by atoms with Crippen LogP contribution in [0.1, 0.15) is 19.4 Å². The third kappa shape index (κ3) is 4.12. The largest absolute Gasteiger partial charge is 0.351 e. The molecule has 0 atom stereocenters. The smallest absolute Gasteiger partial charge is 0.239 e. The van der Waals surface area contributed by atoms with Gasteiger partial charge in [0.05, 0.1) is 5.69 Å². The summed E-state index contributed by atoms with van der Waals surface area (Å²) in [6.07, 6.45) is 3.27. The van der Waals surface area contributed by atoms with Crippen LogP contribution in [0.2, 0.25) is 0 Å². The minimum Gasteiger partial charge on any atom is -0.351 e. The number of nitrogens with zero attached hydrogens (tertiary/aromatic N) is 1. The molecule has 2 aromatic rings. The Morgan fingerprint density at radius 3 is 2.52 bits per heavy atom. The first kappa shape index (κ1) is 16.6. The Hall–Kier alpha value is -2.76. The molecule has 5 nitrogen and oxygen atoms in total. The van der Waals surface area contributed by atoms with Crippen LogP contribution in [0.25, 0.3) is 0 Å². The van der Waals surface area contributed by atoms with Crippen LogP contribution < -0.4 is 10.6 Å². The van der Waals surface area contributed by atoms with Crippen molar-refractivity contribution in [1.82, 2.24) is 10.3 Å². The van der Waals surface area contributed by atoms with E-state index < -0.39 is 23.0 Å². The van der Waals surface area contributed by atoms with Crippen molar-refractivity contribution < 1.29 is 14.0 Å². The van der Waals surface area contributed by atoms with Crippen molar-refractivity contribution in [2.24, 2.45) is 5.41 Å². The molecule has 0 unspecified atom stereocenters. The number of hydrogen-bond donors (Lipinski definition) is 2. The molecule has 2 N–H and O–H groups in total. The van der Waals surface area contributed by atoms with Crippen LogP contribution in [0.15, 0.2) is 48.8 Å². The maximum absolute atomic E-state index is 13.6. The lowest BCUT2D eigenvalue weighted by atomic mass is 9.91. The molecular weight excluding hydrogens is 297 g/mol. The van der Waals surface area contributed by atoms with Gasteiger partial charge in [-0.3, -0.25) is 14.6 Å². The molecule has 1 aromatic carbocycles. The average molecular weight is 315 g/mol. The number of pyridine rings is 1. The molecule has 0 radical (unpaired) electrons. The molecule has 23 heavy (non-hydrogen) atoms. The summed E-state index contributed by atoms with van der Waals surface area (Å²) in [7, 11) is 0. The average Bonchev–Trinajstić information content (AvgIpc) is 2.55. The van der Waals surface area contributed by atoms with E-state index in [1.165, 1.54) is 32.0 Å². The Morgan fingerprint density at radius 1 is 1.13 bits per heavy atom. The second-order valence-electron chi connectivity index (χ2n) is 5.60. The van der Waals surface area contributed by atoms with E-state index in [1.54, 1.807) is 24.5 Å². The molecule has 0 aliphatic carbocycles. The molecule has 120 valence electrons. The number of aromatic nitrogens is 1. The van der Waals surface area contributed by atoms with E-state index in [-0.39, 0.29) is 12.2 Å². The molecule has 0 fully saturated rings. The van der Waals surface area contributed by atoms with Crippen molar-refractivity contribution >= 4 is 17.5 Å². The maximum atomic E-state index is 13.6. The van der Waals surface area contributed by atoms with Gasteiger partial charge in [-0.25, -0.2) is 4.39 Å².